The van der Waals surface area contributed by atoms with Gasteiger partial charge in [-0.2, -0.15) is 0 Å². The number of carbonyl (C=O) groups excluding carboxylic acids is 2. The van der Waals surface area contributed by atoms with Crippen molar-refractivity contribution in [3.05, 3.63) is 52.2 Å². The fourth-order valence-electron chi connectivity index (χ4n) is 2.80. The lowest BCUT2D eigenvalue weighted by molar-refractivity contribution is 0.0854. The first-order valence-corrected chi connectivity index (χ1v) is 8.72. The highest BCUT2D eigenvalue weighted by atomic mass is 32.1. The maximum atomic E-state index is 12.9. The van der Waals surface area contributed by atoms with Gasteiger partial charge in [0.2, 0.25) is 0 Å². The van der Waals surface area contributed by atoms with Gasteiger partial charge in [0.25, 0.3) is 0 Å². The van der Waals surface area contributed by atoms with E-state index in [1.54, 1.807) is 11.1 Å². The molecule has 126 valence electrons. The van der Waals surface area contributed by atoms with Crippen LogP contribution < -0.4 is 5.32 Å². The molecule has 0 radical (unpaired) electrons. The fourth-order valence-corrected chi connectivity index (χ4v) is 3.35. The summed E-state index contributed by atoms with van der Waals surface area (Å²) in [5.74, 6) is -0.436. The lowest BCUT2D eigenvalue weighted by atomic mass is 9.89. The number of nitrogens with one attached hydrogen (secondary N) is 1. The highest BCUT2D eigenvalue weighted by Gasteiger charge is 2.27. The molecule has 1 saturated heterocycles. The molecule has 0 aliphatic carbocycles. The van der Waals surface area contributed by atoms with Crippen LogP contribution in [0.2, 0.25) is 0 Å². The smallest absolute Gasteiger partial charge is 0.317 e. The quantitative estimate of drug-likeness (QED) is 0.865. The average molecular weight is 347 g/mol. The third-order valence-corrected chi connectivity index (χ3v) is 4.94. The molecule has 0 atom stereocenters. The molecule has 3 rings (SSSR count). The van der Waals surface area contributed by atoms with Crippen LogP contribution in [0.3, 0.4) is 0 Å². The second-order valence-corrected chi connectivity index (χ2v) is 6.70. The van der Waals surface area contributed by atoms with Crippen molar-refractivity contribution in [1.82, 2.24) is 15.2 Å². The number of hydrogen-bond donors (Lipinski definition) is 1. The van der Waals surface area contributed by atoms with Crippen LogP contribution in [0.4, 0.5) is 9.18 Å². The summed E-state index contributed by atoms with van der Waals surface area (Å²) in [5.41, 5.74) is 0.531. The number of benzene rings is 1. The fraction of sp³-hybridized carbons (Fsp3) is 0.353. The Morgan fingerprint density at radius 3 is 2.58 bits per heavy atom. The standard InChI is InChI=1S/C17H18FN3O2S/c18-14-3-1-12(2-4-14)16(22)13-5-8-21(9-6-13)17(23)20-11-15-19-7-10-24-15/h1-4,7,10,13H,5-6,8-9,11H2,(H,20,23). The summed E-state index contributed by atoms with van der Waals surface area (Å²) in [6, 6.07) is 5.51. The lowest BCUT2D eigenvalue weighted by Gasteiger charge is -2.31. The van der Waals surface area contributed by atoms with Crippen molar-refractivity contribution in [2.45, 2.75) is 19.4 Å². The van der Waals surface area contributed by atoms with Crippen LogP contribution in [0, 0.1) is 11.7 Å². The van der Waals surface area contributed by atoms with E-state index >= 15 is 0 Å². The summed E-state index contributed by atoms with van der Waals surface area (Å²) >= 11 is 1.50. The Hall–Kier alpha value is -2.28. The second-order valence-electron chi connectivity index (χ2n) is 5.72. The molecule has 7 heteroatoms. The van der Waals surface area contributed by atoms with Crippen LogP contribution in [0.1, 0.15) is 28.2 Å². The number of urea groups is 1. The van der Waals surface area contributed by atoms with Crippen molar-refractivity contribution in [2.24, 2.45) is 5.92 Å². The van der Waals surface area contributed by atoms with Crippen LogP contribution in [-0.2, 0) is 6.54 Å². The SMILES string of the molecule is O=C(c1ccc(F)cc1)C1CCN(C(=O)NCc2nccs2)CC1. The van der Waals surface area contributed by atoms with E-state index in [1.165, 1.54) is 35.6 Å². The van der Waals surface area contributed by atoms with Gasteiger partial charge in [0.05, 0.1) is 6.54 Å². The Morgan fingerprint density at radius 1 is 1.25 bits per heavy atom. The molecule has 1 fully saturated rings. The molecule has 2 amide bonds. The normalized spacial score (nSPS) is 15.3. The van der Waals surface area contributed by atoms with E-state index in [0.717, 1.165) is 5.01 Å². The number of rotatable bonds is 4. The molecule has 2 aromatic rings. The van der Waals surface area contributed by atoms with E-state index in [1.807, 2.05) is 5.38 Å². The van der Waals surface area contributed by atoms with Gasteiger partial charge in [-0.15, -0.1) is 11.3 Å². The summed E-state index contributed by atoms with van der Waals surface area (Å²) in [6.07, 6.45) is 2.96. The highest BCUT2D eigenvalue weighted by molar-refractivity contribution is 7.09. The van der Waals surface area contributed by atoms with Crippen molar-refractivity contribution in [2.75, 3.05) is 13.1 Å². The van der Waals surface area contributed by atoms with Crippen LogP contribution in [-0.4, -0.2) is 34.8 Å². The van der Waals surface area contributed by atoms with Crippen LogP contribution in [0.5, 0.6) is 0 Å². The maximum Gasteiger partial charge on any atom is 0.317 e. The number of nitrogens with zero attached hydrogens (tertiary/aromatic N) is 2. The van der Waals surface area contributed by atoms with E-state index in [4.69, 9.17) is 0 Å². The van der Waals surface area contributed by atoms with E-state index in [2.05, 4.69) is 10.3 Å². The minimum Gasteiger partial charge on any atom is -0.331 e. The Bertz CT molecular complexity index is 695. The van der Waals surface area contributed by atoms with Gasteiger partial charge in [0.1, 0.15) is 10.8 Å². The molecule has 0 unspecified atom stereocenters. The molecule has 1 aliphatic heterocycles. The molecule has 0 spiro atoms. The van der Waals surface area contributed by atoms with Gasteiger partial charge < -0.3 is 10.2 Å². The topological polar surface area (TPSA) is 62.3 Å². The predicted octanol–water partition coefficient (Wildman–Crippen LogP) is 3.09. The Kier molecular flexibility index (Phi) is 5.20. The van der Waals surface area contributed by atoms with Crippen molar-refractivity contribution < 1.29 is 14.0 Å². The monoisotopic (exact) mass is 347 g/mol. The number of thiazole rings is 1. The summed E-state index contributed by atoms with van der Waals surface area (Å²) in [5, 5.41) is 5.58. The average Bonchev–Trinajstić information content (AvgIpc) is 3.13. The largest absolute Gasteiger partial charge is 0.331 e. The zero-order chi connectivity index (χ0) is 16.9. The zero-order valence-corrected chi connectivity index (χ0v) is 13.9. The molecular weight excluding hydrogens is 329 g/mol. The first-order chi connectivity index (χ1) is 11.6. The van der Waals surface area contributed by atoms with Crippen molar-refractivity contribution >= 4 is 23.2 Å². The Balaban J connectivity index is 1.49. The third-order valence-electron chi connectivity index (χ3n) is 4.16. The summed E-state index contributed by atoms with van der Waals surface area (Å²) in [4.78, 5) is 30.4. The molecular formula is C17H18FN3O2S. The molecule has 0 saturated carbocycles. The van der Waals surface area contributed by atoms with E-state index in [-0.39, 0.29) is 23.5 Å². The molecule has 1 N–H and O–H groups in total. The highest BCUT2D eigenvalue weighted by Crippen LogP contribution is 2.22. The number of hydrogen-bond acceptors (Lipinski definition) is 4. The molecule has 1 aliphatic rings. The summed E-state index contributed by atoms with van der Waals surface area (Å²) < 4.78 is 12.9. The van der Waals surface area contributed by atoms with Gasteiger partial charge in [0.15, 0.2) is 5.78 Å². The van der Waals surface area contributed by atoms with Gasteiger partial charge in [0, 0.05) is 36.1 Å². The molecule has 5 nitrogen and oxygen atoms in total. The van der Waals surface area contributed by atoms with Gasteiger partial charge in [-0.1, -0.05) is 0 Å². The summed E-state index contributed by atoms with van der Waals surface area (Å²) in [7, 11) is 0. The minimum absolute atomic E-state index is 0.0258. The number of amides is 2. The number of carbonyl (C=O) groups is 2. The molecule has 0 bridgehead atoms. The molecule has 2 heterocycles. The zero-order valence-electron chi connectivity index (χ0n) is 13.1. The van der Waals surface area contributed by atoms with Gasteiger partial charge in [-0.3, -0.25) is 4.79 Å². The van der Waals surface area contributed by atoms with Gasteiger partial charge in [-0.05, 0) is 37.1 Å². The molecule has 1 aromatic carbocycles. The second kappa shape index (κ2) is 7.53. The number of likely N-dealkylation sites (tertiary alicyclic amines) is 1. The Labute approximate surface area is 143 Å². The van der Waals surface area contributed by atoms with Crippen molar-refractivity contribution in [3.63, 3.8) is 0 Å². The Morgan fingerprint density at radius 2 is 1.96 bits per heavy atom. The number of ketones is 1. The van der Waals surface area contributed by atoms with E-state index < -0.39 is 0 Å². The third kappa shape index (κ3) is 3.97. The van der Waals surface area contributed by atoms with Crippen LogP contribution in [0.25, 0.3) is 0 Å². The van der Waals surface area contributed by atoms with E-state index in [0.29, 0.717) is 38.0 Å². The predicted molar refractivity (Wildman–Crippen MR) is 89.4 cm³/mol. The molecule has 24 heavy (non-hydrogen) atoms. The molecule has 1 aromatic heterocycles. The van der Waals surface area contributed by atoms with Crippen molar-refractivity contribution in [1.29, 1.82) is 0 Å². The number of aromatic nitrogens is 1. The van der Waals surface area contributed by atoms with Crippen LogP contribution in [0.15, 0.2) is 35.8 Å². The summed E-state index contributed by atoms with van der Waals surface area (Å²) in [6.45, 7) is 1.51. The first-order valence-electron chi connectivity index (χ1n) is 7.84. The van der Waals surface area contributed by atoms with Crippen LogP contribution >= 0.6 is 11.3 Å². The number of piperidine rings is 1. The minimum atomic E-state index is -0.349. The number of Topliss-reactive ketones (excluding diaryl/α,β-unsaturated/α-hetero) is 1. The van der Waals surface area contributed by atoms with Crippen molar-refractivity contribution in [3.8, 4) is 0 Å². The lowest BCUT2D eigenvalue weighted by Crippen LogP contribution is -2.45. The van der Waals surface area contributed by atoms with E-state index in [9.17, 15) is 14.0 Å². The first kappa shape index (κ1) is 16.6. The maximum absolute atomic E-state index is 12.9. The van der Waals surface area contributed by atoms with Gasteiger partial charge >= 0.3 is 6.03 Å². The van der Waals surface area contributed by atoms with Gasteiger partial charge in [-0.25, -0.2) is 14.2 Å². The number of halogens is 1.